The monoisotopic (exact) mass is 324 g/mol. The van der Waals surface area contributed by atoms with Crippen LogP contribution >= 0.6 is 0 Å². The van der Waals surface area contributed by atoms with Crippen LogP contribution in [0.5, 0.6) is 5.75 Å². The molecule has 124 valence electrons. The number of rotatable bonds is 5. The van der Waals surface area contributed by atoms with Gasteiger partial charge in [0.15, 0.2) is 0 Å². The minimum atomic E-state index is -1.03. The molecule has 1 saturated heterocycles. The maximum atomic E-state index is 12.8. The maximum Gasteiger partial charge on any atom is 0.325 e. The maximum absolute atomic E-state index is 12.8. The summed E-state index contributed by atoms with van der Waals surface area (Å²) >= 11 is 0. The third-order valence-corrected chi connectivity index (χ3v) is 4.23. The van der Waals surface area contributed by atoms with Crippen molar-refractivity contribution in [3.05, 3.63) is 65.7 Å². The van der Waals surface area contributed by atoms with Gasteiger partial charge in [0.25, 0.3) is 5.91 Å². The highest BCUT2D eigenvalue weighted by molar-refractivity contribution is 6.07. The Morgan fingerprint density at radius 2 is 1.71 bits per heavy atom. The molecule has 5 nitrogen and oxygen atoms in total. The van der Waals surface area contributed by atoms with Gasteiger partial charge in [0.2, 0.25) is 0 Å². The van der Waals surface area contributed by atoms with Gasteiger partial charge in [0, 0.05) is 0 Å². The fourth-order valence-electron chi connectivity index (χ4n) is 2.75. The standard InChI is InChI=1S/C19H20N2O3/c1-14-8-10-15(11-9-14)19(2)17(22)21(18(23)20-19)12-13-24-16-6-4-3-5-7-16/h3-11H,12-13H2,1-2H3,(H,20,23)/t19-/m1/s1. The smallest absolute Gasteiger partial charge is 0.325 e. The third kappa shape index (κ3) is 2.97. The van der Waals surface area contributed by atoms with E-state index in [2.05, 4.69) is 5.32 Å². The molecule has 2 aromatic rings. The number of carbonyl (C=O) groups excluding carboxylic acids is 2. The van der Waals surface area contributed by atoms with E-state index in [-0.39, 0.29) is 25.1 Å². The molecule has 0 bridgehead atoms. The number of imide groups is 1. The van der Waals surface area contributed by atoms with Crippen LogP contribution in [0.2, 0.25) is 0 Å². The van der Waals surface area contributed by atoms with Crippen LogP contribution in [0.1, 0.15) is 18.1 Å². The van der Waals surface area contributed by atoms with Gasteiger partial charge in [-0.05, 0) is 31.5 Å². The highest BCUT2D eigenvalue weighted by Gasteiger charge is 2.48. The normalized spacial score (nSPS) is 20.2. The molecule has 1 atom stereocenters. The zero-order valence-electron chi connectivity index (χ0n) is 13.8. The number of carbonyl (C=O) groups is 2. The summed E-state index contributed by atoms with van der Waals surface area (Å²) < 4.78 is 5.58. The molecule has 0 spiro atoms. The van der Waals surface area contributed by atoms with Crippen molar-refractivity contribution < 1.29 is 14.3 Å². The van der Waals surface area contributed by atoms with Crippen LogP contribution in [0.25, 0.3) is 0 Å². The van der Waals surface area contributed by atoms with Crippen molar-refractivity contribution >= 4 is 11.9 Å². The molecule has 1 heterocycles. The van der Waals surface area contributed by atoms with Crippen LogP contribution in [-0.4, -0.2) is 30.0 Å². The van der Waals surface area contributed by atoms with E-state index < -0.39 is 5.54 Å². The van der Waals surface area contributed by atoms with Crippen LogP contribution in [0.15, 0.2) is 54.6 Å². The van der Waals surface area contributed by atoms with E-state index in [0.29, 0.717) is 5.75 Å². The Morgan fingerprint density at radius 3 is 2.38 bits per heavy atom. The van der Waals surface area contributed by atoms with Gasteiger partial charge in [-0.15, -0.1) is 0 Å². The van der Waals surface area contributed by atoms with E-state index in [1.54, 1.807) is 6.92 Å². The van der Waals surface area contributed by atoms with E-state index in [1.165, 1.54) is 4.90 Å². The number of aryl methyl sites for hydroxylation is 1. The van der Waals surface area contributed by atoms with Crippen LogP contribution < -0.4 is 10.1 Å². The van der Waals surface area contributed by atoms with Crippen molar-refractivity contribution in [1.82, 2.24) is 10.2 Å². The Labute approximate surface area is 141 Å². The van der Waals surface area contributed by atoms with E-state index in [4.69, 9.17) is 4.74 Å². The van der Waals surface area contributed by atoms with Gasteiger partial charge in [0.05, 0.1) is 6.54 Å². The number of nitrogens with one attached hydrogen (secondary N) is 1. The first-order valence-corrected chi connectivity index (χ1v) is 7.90. The van der Waals surface area contributed by atoms with Gasteiger partial charge in [0.1, 0.15) is 17.9 Å². The summed E-state index contributed by atoms with van der Waals surface area (Å²) in [7, 11) is 0. The van der Waals surface area contributed by atoms with Gasteiger partial charge in [-0.3, -0.25) is 9.69 Å². The quantitative estimate of drug-likeness (QED) is 0.861. The molecule has 3 amide bonds. The summed E-state index contributed by atoms with van der Waals surface area (Å²) in [5.41, 5.74) is 0.850. The van der Waals surface area contributed by atoms with Crippen molar-refractivity contribution in [3.8, 4) is 5.75 Å². The van der Waals surface area contributed by atoms with Crippen LogP contribution in [0, 0.1) is 6.92 Å². The number of para-hydroxylation sites is 1. The van der Waals surface area contributed by atoms with Gasteiger partial charge < -0.3 is 10.1 Å². The fraction of sp³-hybridized carbons (Fsp3) is 0.263. The molecule has 1 fully saturated rings. The highest BCUT2D eigenvalue weighted by Crippen LogP contribution is 2.28. The molecule has 1 aliphatic rings. The summed E-state index contributed by atoms with van der Waals surface area (Å²) in [6, 6.07) is 16.5. The second kappa shape index (κ2) is 6.35. The predicted octanol–water partition coefficient (Wildman–Crippen LogP) is 2.84. The second-order valence-electron chi connectivity index (χ2n) is 6.04. The molecule has 3 rings (SSSR count). The highest BCUT2D eigenvalue weighted by atomic mass is 16.5. The lowest BCUT2D eigenvalue weighted by molar-refractivity contribution is -0.131. The van der Waals surface area contributed by atoms with Gasteiger partial charge in [-0.1, -0.05) is 48.0 Å². The molecule has 1 aliphatic heterocycles. The second-order valence-corrected chi connectivity index (χ2v) is 6.04. The van der Waals surface area contributed by atoms with Crippen molar-refractivity contribution in [2.75, 3.05) is 13.2 Å². The third-order valence-electron chi connectivity index (χ3n) is 4.23. The lowest BCUT2D eigenvalue weighted by Crippen LogP contribution is -2.41. The summed E-state index contributed by atoms with van der Waals surface area (Å²) in [5, 5.41) is 2.80. The average molecular weight is 324 g/mol. The van der Waals surface area contributed by atoms with Crippen LogP contribution in [0.4, 0.5) is 4.79 Å². The van der Waals surface area contributed by atoms with E-state index in [1.807, 2.05) is 61.5 Å². The predicted molar refractivity (Wildman–Crippen MR) is 90.7 cm³/mol. The van der Waals surface area contributed by atoms with Crippen LogP contribution in [-0.2, 0) is 10.3 Å². The largest absolute Gasteiger partial charge is 0.492 e. The number of ether oxygens (including phenoxy) is 1. The Balaban J connectivity index is 1.68. The molecule has 0 aliphatic carbocycles. The van der Waals surface area contributed by atoms with Gasteiger partial charge in [-0.2, -0.15) is 0 Å². The zero-order valence-corrected chi connectivity index (χ0v) is 13.8. The molecule has 2 aromatic carbocycles. The summed E-state index contributed by atoms with van der Waals surface area (Å²) in [4.78, 5) is 26.2. The Bertz CT molecular complexity index is 743. The Kier molecular flexibility index (Phi) is 4.25. The minimum Gasteiger partial charge on any atom is -0.492 e. The first kappa shape index (κ1) is 16.1. The lowest BCUT2D eigenvalue weighted by atomic mass is 9.91. The zero-order chi connectivity index (χ0) is 17.2. The topological polar surface area (TPSA) is 58.6 Å². The molecular weight excluding hydrogens is 304 g/mol. The molecule has 24 heavy (non-hydrogen) atoms. The Hall–Kier alpha value is -2.82. The first-order valence-electron chi connectivity index (χ1n) is 7.90. The molecule has 0 saturated carbocycles. The van der Waals surface area contributed by atoms with E-state index in [0.717, 1.165) is 11.1 Å². The Morgan fingerprint density at radius 1 is 1.04 bits per heavy atom. The molecule has 0 aromatic heterocycles. The number of amides is 3. The summed E-state index contributed by atoms with van der Waals surface area (Å²) in [5.74, 6) is 0.457. The average Bonchev–Trinajstić information content (AvgIpc) is 2.80. The van der Waals surface area contributed by atoms with E-state index >= 15 is 0 Å². The van der Waals surface area contributed by atoms with Gasteiger partial charge in [-0.25, -0.2) is 4.79 Å². The number of benzene rings is 2. The number of nitrogens with zero attached hydrogens (tertiary/aromatic N) is 1. The molecular formula is C19H20N2O3. The molecule has 0 radical (unpaired) electrons. The summed E-state index contributed by atoms with van der Waals surface area (Å²) in [6.07, 6.45) is 0. The number of urea groups is 1. The first-order chi connectivity index (χ1) is 11.5. The SMILES string of the molecule is Cc1ccc([C@@]2(C)NC(=O)N(CCOc3ccccc3)C2=O)cc1. The molecule has 5 heteroatoms. The van der Waals surface area contributed by atoms with Crippen LogP contribution in [0.3, 0.4) is 0 Å². The molecule has 0 unspecified atom stereocenters. The fourth-order valence-corrected chi connectivity index (χ4v) is 2.75. The van der Waals surface area contributed by atoms with Crippen molar-refractivity contribution in [2.45, 2.75) is 19.4 Å². The molecule has 1 N–H and O–H groups in total. The van der Waals surface area contributed by atoms with Gasteiger partial charge >= 0.3 is 6.03 Å². The van der Waals surface area contributed by atoms with E-state index in [9.17, 15) is 9.59 Å². The van der Waals surface area contributed by atoms with Crippen molar-refractivity contribution in [1.29, 1.82) is 0 Å². The van der Waals surface area contributed by atoms with Crippen molar-refractivity contribution in [3.63, 3.8) is 0 Å². The van der Waals surface area contributed by atoms with Crippen molar-refractivity contribution in [2.24, 2.45) is 0 Å². The number of hydrogen-bond donors (Lipinski definition) is 1. The minimum absolute atomic E-state index is 0.209. The number of hydrogen-bond acceptors (Lipinski definition) is 3. The summed E-state index contributed by atoms with van der Waals surface area (Å²) in [6.45, 7) is 4.18. The lowest BCUT2D eigenvalue weighted by Gasteiger charge is -2.22.